The number of aryl methyl sites for hydroxylation is 1. The molecule has 0 spiro atoms. The number of fused-ring (bicyclic) bond motifs is 3. The van der Waals surface area contributed by atoms with Crippen molar-refractivity contribution in [3.63, 3.8) is 0 Å². The van der Waals surface area contributed by atoms with Crippen LogP contribution in [0.2, 0.25) is 34.5 Å². The Kier molecular flexibility index (Phi) is 10.9. The van der Waals surface area contributed by atoms with Crippen molar-refractivity contribution in [1.29, 1.82) is 0 Å². The molecule has 0 amide bonds. The zero-order chi connectivity index (χ0) is 35.8. The van der Waals surface area contributed by atoms with Gasteiger partial charge in [0.2, 0.25) is 0 Å². The third-order valence-electron chi connectivity index (χ3n) is 8.06. The van der Waals surface area contributed by atoms with Crippen LogP contribution in [0.25, 0.3) is 53.8 Å². The normalized spacial score (nSPS) is 12.5. The van der Waals surface area contributed by atoms with Gasteiger partial charge >= 0.3 is 276 Å². The fourth-order valence-corrected chi connectivity index (χ4v) is 12.9. The molecule has 7 aromatic rings. The predicted molar refractivity (Wildman–Crippen MR) is 210 cm³/mol. The predicted octanol–water partition coefficient (Wildman–Crippen LogP) is 11.5. The molecule has 4 aromatic carbocycles. The largest absolute Gasteiger partial charge is 0 e. The topological polar surface area (TPSA) is 25.8 Å². The van der Waals surface area contributed by atoms with Crippen molar-refractivity contribution in [3.8, 4) is 33.6 Å². The van der Waals surface area contributed by atoms with Gasteiger partial charge in [0, 0.05) is 20.1 Å². The van der Waals surface area contributed by atoms with E-state index in [4.69, 9.17) is 2.74 Å². The van der Waals surface area contributed by atoms with E-state index in [1.165, 1.54) is 16.0 Å². The molecule has 7 heteroatoms. The van der Waals surface area contributed by atoms with Gasteiger partial charge in [0.05, 0.1) is 0 Å². The second-order valence-electron chi connectivity index (χ2n) is 14.1. The molecular formula is C42H41FGe2IrN2S-2. The van der Waals surface area contributed by atoms with E-state index in [0.717, 1.165) is 48.3 Å². The molecule has 0 fully saturated rings. The molecule has 0 atom stereocenters. The SMILES string of the molecule is Cc1cc(-c2[c-]cccc2)nc[c]1[Ge]([CH3])([CH3])[CH3].[2H][C]([2H])(c1ccnc(-c2[c-]ccc3c2sc2cc(-c4ccccc4F)ccc23)c1)[Ge]([CH3])([CH3])[CH3].[Ir]. The van der Waals surface area contributed by atoms with Crippen LogP contribution in [0, 0.1) is 24.9 Å². The average molecular weight is 964 g/mol. The molecule has 49 heavy (non-hydrogen) atoms. The number of nitrogens with zero attached hydrogens (tertiary/aromatic N) is 2. The Balaban J connectivity index is 0.000000237. The van der Waals surface area contributed by atoms with Crippen molar-refractivity contribution < 1.29 is 27.2 Å². The summed E-state index contributed by atoms with van der Waals surface area (Å²) in [4.78, 5) is 9.17. The Hall–Kier alpha value is -2.93. The first-order valence-electron chi connectivity index (χ1n) is 17.2. The van der Waals surface area contributed by atoms with Gasteiger partial charge in [0.15, 0.2) is 0 Å². The van der Waals surface area contributed by atoms with Gasteiger partial charge in [-0.1, -0.05) is 12.1 Å². The molecule has 3 heterocycles. The van der Waals surface area contributed by atoms with Crippen LogP contribution in [0.4, 0.5) is 4.39 Å². The van der Waals surface area contributed by atoms with Crippen LogP contribution >= 0.6 is 11.3 Å². The Morgan fingerprint density at radius 3 is 2.27 bits per heavy atom. The van der Waals surface area contributed by atoms with Gasteiger partial charge in [-0.05, 0) is 6.07 Å². The molecule has 0 aliphatic carbocycles. The third-order valence-corrected chi connectivity index (χ3v) is 15.9. The van der Waals surface area contributed by atoms with Gasteiger partial charge in [-0.3, -0.25) is 0 Å². The molecule has 0 saturated carbocycles. The summed E-state index contributed by atoms with van der Waals surface area (Å²) in [6, 6.07) is 37.3. The van der Waals surface area contributed by atoms with Crippen molar-refractivity contribution in [3.05, 3.63) is 139 Å². The number of pyridine rings is 2. The standard InChI is InChI=1S/C27H23FGeNS.C15H18GeN.Ir/c1-29(2,3)17-18-13-14-30-25(15-18)23-9-6-8-22-21-12-11-19(16-26(21)31-27(22)23)20-7-4-5-10-24(20)28;1-12-10-15(13-8-6-5-7-9-13)17-11-14(12)16(2,3)4;/h4-8,10-16H,17H2,1-3H3;5-8,10-11H,1-4H3;/q2*-1;/i17D2;;. The third kappa shape index (κ3) is 8.87. The monoisotopic (exact) mass is 967 g/mol. The average Bonchev–Trinajstić information content (AvgIpc) is 3.46. The molecule has 0 aliphatic heterocycles. The molecule has 0 saturated heterocycles. The Morgan fingerprint density at radius 2 is 1.57 bits per heavy atom. The van der Waals surface area contributed by atoms with Crippen molar-refractivity contribution >= 4 is 62.4 Å². The molecule has 251 valence electrons. The summed E-state index contributed by atoms with van der Waals surface area (Å²) in [5, 5.41) is 0.898. The van der Waals surface area contributed by atoms with E-state index in [-0.39, 0.29) is 25.9 Å². The van der Waals surface area contributed by atoms with Gasteiger partial charge in [-0.25, -0.2) is 4.39 Å². The second-order valence-corrected chi connectivity index (χ2v) is 35.7. The first-order valence-corrected chi connectivity index (χ1v) is 31.7. The van der Waals surface area contributed by atoms with Gasteiger partial charge < -0.3 is 0 Å². The van der Waals surface area contributed by atoms with Crippen LogP contribution in [-0.2, 0) is 25.3 Å². The maximum Gasteiger partial charge on any atom is 0 e. The molecule has 0 unspecified atom stereocenters. The number of rotatable bonds is 6. The van der Waals surface area contributed by atoms with Crippen LogP contribution in [0.3, 0.4) is 0 Å². The van der Waals surface area contributed by atoms with E-state index >= 15 is 0 Å². The van der Waals surface area contributed by atoms with E-state index < -0.39 is 31.7 Å². The van der Waals surface area contributed by atoms with Crippen LogP contribution in [0.1, 0.15) is 13.9 Å². The Bertz CT molecular complexity index is 2320. The van der Waals surface area contributed by atoms with E-state index in [0.29, 0.717) is 11.1 Å². The quantitative estimate of drug-likeness (QED) is 0.123. The van der Waals surface area contributed by atoms with Crippen molar-refractivity contribution in [2.75, 3.05) is 0 Å². The van der Waals surface area contributed by atoms with E-state index in [9.17, 15) is 4.39 Å². The first kappa shape index (κ1) is 34.5. The smallest absolute Gasteiger partial charge is 0 e. The maximum atomic E-state index is 14.3. The molecule has 2 nitrogen and oxygen atoms in total. The number of benzene rings is 4. The summed E-state index contributed by atoms with van der Waals surface area (Å²) in [6.07, 6.45) is 3.78. The number of hydrogen-bond acceptors (Lipinski definition) is 3. The Morgan fingerprint density at radius 1 is 0.796 bits per heavy atom. The maximum absolute atomic E-state index is 14.3. The van der Waals surface area contributed by atoms with Crippen molar-refractivity contribution in [2.24, 2.45) is 0 Å². The minimum Gasteiger partial charge on any atom is 0 e. The molecule has 3 aromatic heterocycles. The van der Waals surface area contributed by atoms with Crippen LogP contribution < -0.4 is 4.40 Å². The number of hydrogen-bond donors (Lipinski definition) is 0. The van der Waals surface area contributed by atoms with Crippen molar-refractivity contribution in [1.82, 2.24) is 9.97 Å². The summed E-state index contributed by atoms with van der Waals surface area (Å²) in [5.41, 5.74) is 7.21. The van der Waals surface area contributed by atoms with Gasteiger partial charge in [-0.15, -0.1) is 0 Å². The number of thiophene rings is 1. The fourth-order valence-electron chi connectivity index (χ4n) is 5.91. The summed E-state index contributed by atoms with van der Waals surface area (Å²) in [6.45, 7) is 2.19. The zero-order valence-corrected chi connectivity index (χ0v) is 36.3. The minimum atomic E-state index is -2.65. The molecule has 0 bridgehead atoms. The summed E-state index contributed by atoms with van der Waals surface area (Å²) in [5.74, 6) is 13.2. The van der Waals surface area contributed by atoms with Crippen LogP contribution in [0.5, 0.6) is 0 Å². The van der Waals surface area contributed by atoms with E-state index in [1.54, 1.807) is 35.7 Å². The number of aromatic nitrogens is 2. The van der Waals surface area contributed by atoms with Gasteiger partial charge in [0.1, 0.15) is 0 Å². The van der Waals surface area contributed by atoms with Gasteiger partial charge in [0.25, 0.3) is 0 Å². The molecular weight excluding hydrogens is 921 g/mol. The number of halogens is 1. The van der Waals surface area contributed by atoms with Gasteiger partial charge in [-0.2, -0.15) is 0 Å². The van der Waals surface area contributed by atoms with Crippen LogP contribution in [0.15, 0.2) is 109 Å². The van der Waals surface area contributed by atoms with E-state index in [2.05, 4.69) is 88.0 Å². The molecule has 0 N–H and O–H groups in total. The fraction of sp³-hybridized carbons (Fsp3) is 0.190. The summed E-state index contributed by atoms with van der Waals surface area (Å²) >= 11 is -2.78. The van der Waals surface area contributed by atoms with Crippen LogP contribution in [-0.4, -0.2) is 36.5 Å². The first-order chi connectivity index (χ1) is 23.6. The molecule has 7 rings (SSSR count). The minimum absolute atomic E-state index is 0. The second kappa shape index (κ2) is 15.5. The summed E-state index contributed by atoms with van der Waals surface area (Å²) in [7, 11) is 0. The molecule has 0 aliphatic rings. The van der Waals surface area contributed by atoms with Crippen molar-refractivity contribution in [2.45, 2.75) is 46.7 Å². The Labute approximate surface area is 316 Å². The molecule has 1 radical (unpaired) electrons. The summed E-state index contributed by atoms with van der Waals surface area (Å²) < 4.78 is 35.4. The van der Waals surface area contributed by atoms with E-state index in [1.807, 2.05) is 54.6 Å². The zero-order valence-electron chi connectivity index (χ0n) is 30.9.